The molecule has 3 aromatic carbocycles. The van der Waals surface area contributed by atoms with Gasteiger partial charge < -0.3 is 18.6 Å². The fraction of sp³-hybridized carbons (Fsp3) is 0.143. The second-order valence-corrected chi connectivity index (χ2v) is 8.55. The highest BCUT2D eigenvalue weighted by atomic mass is 19.1. The lowest BCUT2D eigenvalue weighted by Crippen LogP contribution is -2.69. The molecule has 4 aromatic rings. The van der Waals surface area contributed by atoms with E-state index in [-0.39, 0.29) is 24.6 Å². The molecule has 5 rings (SSSR count). The number of carbonyl (C=O) groups excluding carboxylic acids is 3. The van der Waals surface area contributed by atoms with Crippen LogP contribution >= 0.6 is 0 Å². The van der Waals surface area contributed by atoms with Crippen LogP contribution in [0.4, 0.5) is 9.18 Å². The third-order valence-electron chi connectivity index (χ3n) is 5.91. The fourth-order valence-electron chi connectivity index (χ4n) is 3.92. The molecule has 39 heavy (non-hydrogen) atoms. The number of rotatable bonds is 9. The van der Waals surface area contributed by atoms with Crippen LogP contribution < -0.4 is 20.1 Å². The second kappa shape index (κ2) is 10.8. The molecule has 1 aliphatic heterocycles. The topological polar surface area (TPSA) is 129 Å². The minimum Gasteiger partial charge on any atom is -0.467 e. The molecule has 2 N–H and O–H groups in total. The maximum absolute atomic E-state index is 13.5. The van der Waals surface area contributed by atoms with Crippen LogP contribution in [-0.4, -0.2) is 42.1 Å². The molecular formula is C28H22FN3O7. The van der Waals surface area contributed by atoms with Crippen LogP contribution in [0.2, 0.25) is 0 Å². The minimum absolute atomic E-state index is 0.0480. The molecule has 1 aromatic heterocycles. The van der Waals surface area contributed by atoms with E-state index in [2.05, 4.69) is 15.6 Å². The number of amides is 4. The van der Waals surface area contributed by atoms with Crippen molar-refractivity contribution in [2.75, 3.05) is 13.7 Å². The fourth-order valence-corrected chi connectivity index (χ4v) is 3.92. The quantitative estimate of drug-likeness (QED) is 0.303. The Morgan fingerprint density at radius 1 is 0.872 bits per heavy atom. The van der Waals surface area contributed by atoms with Crippen molar-refractivity contribution in [1.82, 2.24) is 15.6 Å². The number of carbonyl (C=O) groups is 3. The third kappa shape index (κ3) is 5.48. The standard InChI is InChI=1S/C28H22FN3O7/c1-36-14-13-28(25(33)31-27(35)32-26(28)34)39-22-11-9-21(10-12-22)37-20-7-5-17(6-8-20)23-16-30-24(38-23)18-3-2-4-19(29)15-18/h2-12,15-16H,13-14H2,1H3,(H2,31,32,33,34,35). The van der Waals surface area contributed by atoms with Gasteiger partial charge in [-0.1, -0.05) is 6.07 Å². The minimum atomic E-state index is -1.96. The first-order valence-corrected chi connectivity index (χ1v) is 11.8. The molecule has 1 aliphatic rings. The average molecular weight is 531 g/mol. The van der Waals surface area contributed by atoms with E-state index in [1.807, 2.05) is 0 Å². The van der Waals surface area contributed by atoms with Gasteiger partial charge in [0, 0.05) is 24.7 Å². The predicted molar refractivity (Wildman–Crippen MR) is 135 cm³/mol. The number of imide groups is 2. The largest absolute Gasteiger partial charge is 0.467 e. The maximum Gasteiger partial charge on any atom is 0.328 e. The number of barbiturate groups is 1. The Labute approximate surface area is 221 Å². The first-order chi connectivity index (χ1) is 18.9. The number of hydrogen-bond donors (Lipinski definition) is 2. The first kappa shape index (κ1) is 25.6. The zero-order valence-corrected chi connectivity index (χ0v) is 20.6. The molecule has 1 fully saturated rings. The van der Waals surface area contributed by atoms with Gasteiger partial charge in [-0.05, 0) is 66.7 Å². The highest BCUT2D eigenvalue weighted by Crippen LogP contribution is 2.31. The molecular weight excluding hydrogens is 509 g/mol. The number of nitrogens with one attached hydrogen (secondary N) is 2. The summed E-state index contributed by atoms with van der Waals surface area (Å²) in [5.74, 6) is -0.0614. The summed E-state index contributed by atoms with van der Waals surface area (Å²) in [6, 6.07) is 18.5. The number of methoxy groups -OCH3 is 1. The van der Waals surface area contributed by atoms with Gasteiger partial charge in [-0.25, -0.2) is 14.2 Å². The molecule has 11 heteroatoms. The molecule has 0 atom stereocenters. The van der Waals surface area contributed by atoms with E-state index in [9.17, 15) is 18.8 Å². The summed E-state index contributed by atoms with van der Waals surface area (Å²) in [6.07, 6.45) is 1.46. The van der Waals surface area contributed by atoms with Gasteiger partial charge in [-0.3, -0.25) is 20.2 Å². The number of urea groups is 1. The second-order valence-electron chi connectivity index (χ2n) is 8.55. The normalized spacial score (nSPS) is 14.5. The van der Waals surface area contributed by atoms with Crippen molar-refractivity contribution < 1.29 is 37.4 Å². The molecule has 10 nitrogen and oxygen atoms in total. The van der Waals surface area contributed by atoms with Crippen molar-refractivity contribution in [3.8, 4) is 40.0 Å². The number of aromatic nitrogens is 1. The molecule has 0 bridgehead atoms. The summed E-state index contributed by atoms with van der Waals surface area (Å²) in [7, 11) is 1.42. The van der Waals surface area contributed by atoms with Gasteiger partial charge in [0.15, 0.2) is 5.76 Å². The smallest absolute Gasteiger partial charge is 0.328 e. The van der Waals surface area contributed by atoms with Crippen molar-refractivity contribution >= 4 is 17.8 Å². The van der Waals surface area contributed by atoms with E-state index in [0.717, 1.165) is 5.56 Å². The highest BCUT2D eigenvalue weighted by molar-refractivity contribution is 6.21. The van der Waals surface area contributed by atoms with E-state index in [0.29, 0.717) is 28.7 Å². The lowest BCUT2D eigenvalue weighted by molar-refractivity contribution is -0.153. The number of halogens is 1. The van der Waals surface area contributed by atoms with Crippen LogP contribution in [0.15, 0.2) is 83.4 Å². The average Bonchev–Trinajstić information content (AvgIpc) is 3.42. The SMILES string of the molecule is COCCC1(Oc2ccc(Oc3ccc(-c4cnc(-c5cccc(F)c5)o4)cc3)cc2)C(=O)NC(=O)NC1=O. The van der Waals surface area contributed by atoms with Crippen LogP contribution in [0.1, 0.15) is 6.42 Å². The number of benzene rings is 3. The Hall–Kier alpha value is -5.03. The Balaban J connectivity index is 1.26. The molecule has 0 unspecified atom stereocenters. The van der Waals surface area contributed by atoms with Gasteiger partial charge >= 0.3 is 6.03 Å². The molecule has 0 aliphatic carbocycles. The summed E-state index contributed by atoms with van der Waals surface area (Å²) >= 11 is 0. The summed E-state index contributed by atoms with van der Waals surface area (Å²) in [6.45, 7) is 0.0480. The van der Waals surface area contributed by atoms with Gasteiger partial charge in [0.25, 0.3) is 17.4 Å². The predicted octanol–water partition coefficient (Wildman–Crippen LogP) is 4.46. The van der Waals surface area contributed by atoms with Gasteiger partial charge in [0.1, 0.15) is 23.1 Å². The zero-order chi connectivity index (χ0) is 27.4. The lowest BCUT2D eigenvalue weighted by Gasteiger charge is -2.34. The van der Waals surface area contributed by atoms with Gasteiger partial charge in [0.05, 0.1) is 12.8 Å². The molecule has 0 spiro atoms. The maximum atomic E-state index is 13.5. The van der Waals surface area contributed by atoms with Gasteiger partial charge in [-0.15, -0.1) is 0 Å². The van der Waals surface area contributed by atoms with E-state index < -0.39 is 23.4 Å². The summed E-state index contributed by atoms with van der Waals surface area (Å²) in [5, 5.41) is 4.12. The van der Waals surface area contributed by atoms with Crippen LogP contribution in [-0.2, 0) is 14.3 Å². The van der Waals surface area contributed by atoms with E-state index >= 15 is 0 Å². The van der Waals surface area contributed by atoms with E-state index in [4.69, 9.17) is 18.6 Å². The van der Waals surface area contributed by atoms with E-state index in [1.54, 1.807) is 54.7 Å². The molecule has 2 heterocycles. The van der Waals surface area contributed by atoms with Crippen molar-refractivity contribution in [1.29, 1.82) is 0 Å². The monoisotopic (exact) mass is 531 g/mol. The van der Waals surface area contributed by atoms with Gasteiger partial charge in [-0.2, -0.15) is 0 Å². The first-order valence-electron chi connectivity index (χ1n) is 11.8. The molecule has 0 saturated carbocycles. The van der Waals surface area contributed by atoms with Crippen LogP contribution in [0.5, 0.6) is 17.2 Å². The Morgan fingerprint density at radius 3 is 2.15 bits per heavy atom. The summed E-state index contributed by atoms with van der Waals surface area (Å²) in [5.41, 5.74) is -0.668. The van der Waals surface area contributed by atoms with Crippen molar-refractivity contribution in [2.24, 2.45) is 0 Å². The van der Waals surface area contributed by atoms with Crippen molar-refractivity contribution in [2.45, 2.75) is 12.0 Å². The van der Waals surface area contributed by atoms with Crippen LogP contribution in [0, 0.1) is 5.82 Å². The van der Waals surface area contributed by atoms with Crippen LogP contribution in [0.25, 0.3) is 22.8 Å². The molecule has 1 saturated heterocycles. The highest BCUT2D eigenvalue weighted by Gasteiger charge is 2.52. The third-order valence-corrected chi connectivity index (χ3v) is 5.91. The Morgan fingerprint density at radius 2 is 1.51 bits per heavy atom. The van der Waals surface area contributed by atoms with Gasteiger partial charge in [0.2, 0.25) is 5.89 Å². The van der Waals surface area contributed by atoms with Crippen molar-refractivity contribution in [3.05, 3.63) is 84.8 Å². The molecule has 198 valence electrons. The number of ether oxygens (including phenoxy) is 3. The summed E-state index contributed by atoms with van der Waals surface area (Å²) < 4.78 is 36.0. The number of oxazole rings is 1. The molecule has 4 amide bonds. The Kier molecular flexibility index (Phi) is 7.06. The molecule has 0 radical (unpaired) electrons. The number of hydrogen-bond acceptors (Lipinski definition) is 8. The Bertz CT molecular complexity index is 1500. The van der Waals surface area contributed by atoms with E-state index in [1.165, 1.54) is 31.4 Å². The number of nitrogens with zero attached hydrogens (tertiary/aromatic N) is 1. The zero-order valence-electron chi connectivity index (χ0n) is 20.6. The van der Waals surface area contributed by atoms with Crippen LogP contribution in [0.3, 0.4) is 0 Å². The summed E-state index contributed by atoms with van der Waals surface area (Å²) in [4.78, 5) is 40.8. The van der Waals surface area contributed by atoms with Crippen molar-refractivity contribution in [3.63, 3.8) is 0 Å². The lowest BCUT2D eigenvalue weighted by atomic mass is 9.95.